The number of nitrogens with one attached hydrogen (secondary N) is 1. The number of hydrogen-bond donors (Lipinski definition) is 2. The Bertz CT molecular complexity index is 342. The van der Waals surface area contributed by atoms with Gasteiger partial charge in [-0.25, -0.2) is 0 Å². The van der Waals surface area contributed by atoms with E-state index in [1.165, 1.54) is 18.5 Å². The molecular formula is C15H24N2O. The molecule has 0 amide bonds. The van der Waals surface area contributed by atoms with Crippen LogP contribution in [0.25, 0.3) is 0 Å². The number of benzene rings is 1. The molecule has 1 aromatic rings. The summed E-state index contributed by atoms with van der Waals surface area (Å²) in [5.41, 5.74) is 1.38. The van der Waals surface area contributed by atoms with Gasteiger partial charge in [-0.1, -0.05) is 37.3 Å². The first-order valence-electron chi connectivity index (χ1n) is 6.88. The van der Waals surface area contributed by atoms with Crippen LogP contribution in [0, 0.1) is 5.92 Å². The Labute approximate surface area is 110 Å². The van der Waals surface area contributed by atoms with Crippen molar-refractivity contribution in [2.24, 2.45) is 5.92 Å². The summed E-state index contributed by atoms with van der Waals surface area (Å²) in [7, 11) is 0. The highest BCUT2D eigenvalue weighted by molar-refractivity contribution is 5.14. The Morgan fingerprint density at radius 2 is 2.06 bits per heavy atom. The minimum atomic E-state index is 0.226. The Balaban J connectivity index is 1.88. The summed E-state index contributed by atoms with van der Waals surface area (Å²) in [6, 6.07) is 11.2. The second kappa shape index (κ2) is 6.88. The van der Waals surface area contributed by atoms with Crippen LogP contribution in [0.2, 0.25) is 0 Å². The number of aliphatic hydroxyl groups is 1. The van der Waals surface area contributed by atoms with Crippen LogP contribution >= 0.6 is 0 Å². The van der Waals surface area contributed by atoms with Crippen molar-refractivity contribution < 1.29 is 5.11 Å². The van der Waals surface area contributed by atoms with Gasteiger partial charge in [0.1, 0.15) is 0 Å². The third kappa shape index (κ3) is 4.09. The van der Waals surface area contributed by atoms with Gasteiger partial charge >= 0.3 is 0 Å². The first kappa shape index (κ1) is 13.5. The average Bonchev–Trinajstić information content (AvgIpc) is 2.37. The van der Waals surface area contributed by atoms with E-state index in [0.717, 1.165) is 19.0 Å². The van der Waals surface area contributed by atoms with Gasteiger partial charge in [-0.3, -0.25) is 4.90 Å². The SMILES string of the molecule is CC1CC(NCCO)CN(Cc2ccccc2)C1. The molecular weight excluding hydrogens is 224 g/mol. The van der Waals surface area contributed by atoms with Crippen LogP contribution < -0.4 is 5.32 Å². The van der Waals surface area contributed by atoms with Crippen LogP contribution in [0.3, 0.4) is 0 Å². The topological polar surface area (TPSA) is 35.5 Å². The highest BCUT2D eigenvalue weighted by Crippen LogP contribution is 2.18. The number of rotatable bonds is 5. The lowest BCUT2D eigenvalue weighted by molar-refractivity contribution is 0.138. The van der Waals surface area contributed by atoms with Crippen LogP contribution in [0.1, 0.15) is 18.9 Å². The van der Waals surface area contributed by atoms with Crippen molar-refractivity contribution in [1.29, 1.82) is 0 Å². The molecule has 0 radical (unpaired) electrons. The molecule has 2 unspecified atom stereocenters. The van der Waals surface area contributed by atoms with Gasteiger partial charge in [-0.05, 0) is 17.9 Å². The van der Waals surface area contributed by atoms with E-state index in [4.69, 9.17) is 5.11 Å². The van der Waals surface area contributed by atoms with Gasteiger partial charge in [-0.15, -0.1) is 0 Å². The summed E-state index contributed by atoms with van der Waals surface area (Å²) in [4.78, 5) is 2.51. The quantitative estimate of drug-likeness (QED) is 0.828. The molecule has 2 atom stereocenters. The zero-order valence-electron chi connectivity index (χ0n) is 11.2. The maximum absolute atomic E-state index is 8.89. The number of nitrogens with zero attached hydrogens (tertiary/aromatic N) is 1. The summed E-state index contributed by atoms with van der Waals surface area (Å²) >= 11 is 0. The van der Waals surface area contributed by atoms with Gasteiger partial charge in [0.25, 0.3) is 0 Å². The first-order valence-corrected chi connectivity index (χ1v) is 6.88. The molecule has 2 N–H and O–H groups in total. The predicted molar refractivity (Wildman–Crippen MR) is 74.4 cm³/mol. The van der Waals surface area contributed by atoms with Crippen molar-refractivity contribution in [2.75, 3.05) is 26.2 Å². The molecule has 2 rings (SSSR count). The van der Waals surface area contributed by atoms with Crippen LogP contribution in [-0.2, 0) is 6.54 Å². The van der Waals surface area contributed by atoms with Crippen molar-refractivity contribution in [1.82, 2.24) is 10.2 Å². The normalized spacial score (nSPS) is 25.2. The summed E-state index contributed by atoms with van der Waals surface area (Å²) in [6.45, 7) is 6.53. The predicted octanol–water partition coefficient (Wildman–Crippen LogP) is 1.48. The maximum Gasteiger partial charge on any atom is 0.0556 e. The molecule has 1 fully saturated rings. The Hall–Kier alpha value is -0.900. The standard InChI is InChI=1S/C15H24N2O/c1-13-9-15(16-7-8-18)12-17(10-13)11-14-5-3-2-4-6-14/h2-6,13,15-16,18H,7-12H2,1H3. The van der Waals surface area contributed by atoms with Gasteiger partial charge in [-0.2, -0.15) is 0 Å². The molecule has 0 spiro atoms. The minimum Gasteiger partial charge on any atom is -0.395 e. The van der Waals surface area contributed by atoms with Crippen LogP contribution in [-0.4, -0.2) is 42.3 Å². The summed E-state index contributed by atoms with van der Waals surface area (Å²) in [5.74, 6) is 0.721. The van der Waals surface area contributed by atoms with E-state index in [2.05, 4.69) is 47.5 Å². The maximum atomic E-state index is 8.89. The smallest absolute Gasteiger partial charge is 0.0556 e. The molecule has 1 aromatic carbocycles. The molecule has 1 aliphatic rings. The number of likely N-dealkylation sites (tertiary alicyclic amines) is 1. The number of piperidine rings is 1. The van der Waals surface area contributed by atoms with Gasteiger partial charge < -0.3 is 10.4 Å². The molecule has 100 valence electrons. The summed E-state index contributed by atoms with van der Waals surface area (Å²) in [6.07, 6.45) is 1.21. The molecule has 18 heavy (non-hydrogen) atoms. The van der Waals surface area contributed by atoms with Crippen LogP contribution in [0.4, 0.5) is 0 Å². The zero-order chi connectivity index (χ0) is 12.8. The monoisotopic (exact) mass is 248 g/mol. The number of hydrogen-bond acceptors (Lipinski definition) is 3. The van der Waals surface area contributed by atoms with E-state index >= 15 is 0 Å². The fraction of sp³-hybridized carbons (Fsp3) is 0.600. The number of aliphatic hydroxyl groups excluding tert-OH is 1. The third-order valence-electron chi connectivity index (χ3n) is 3.53. The van der Waals surface area contributed by atoms with Gasteiger partial charge in [0.2, 0.25) is 0 Å². The fourth-order valence-corrected chi connectivity index (χ4v) is 2.85. The summed E-state index contributed by atoms with van der Waals surface area (Å²) in [5, 5.41) is 12.3. The van der Waals surface area contributed by atoms with Crippen molar-refractivity contribution in [3.05, 3.63) is 35.9 Å². The third-order valence-corrected chi connectivity index (χ3v) is 3.53. The van der Waals surface area contributed by atoms with Gasteiger partial charge in [0, 0.05) is 32.2 Å². The lowest BCUT2D eigenvalue weighted by Gasteiger charge is -2.37. The second-order valence-corrected chi connectivity index (χ2v) is 5.40. The Morgan fingerprint density at radius 1 is 1.28 bits per heavy atom. The highest BCUT2D eigenvalue weighted by atomic mass is 16.3. The Kier molecular flexibility index (Phi) is 5.17. The zero-order valence-corrected chi connectivity index (χ0v) is 11.2. The second-order valence-electron chi connectivity index (χ2n) is 5.40. The Morgan fingerprint density at radius 3 is 2.78 bits per heavy atom. The molecule has 1 aliphatic heterocycles. The van der Waals surface area contributed by atoms with Crippen LogP contribution in [0.5, 0.6) is 0 Å². The van der Waals surface area contributed by atoms with E-state index in [1.807, 2.05) is 0 Å². The molecule has 0 aromatic heterocycles. The molecule has 0 aliphatic carbocycles. The first-order chi connectivity index (χ1) is 8.78. The molecule has 0 bridgehead atoms. The molecule has 1 heterocycles. The van der Waals surface area contributed by atoms with Crippen molar-refractivity contribution in [3.8, 4) is 0 Å². The van der Waals surface area contributed by atoms with E-state index in [1.54, 1.807) is 0 Å². The molecule has 3 nitrogen and oxygen atoms in total. The van der Waals surface area contributed by atoms with E-state index in [0.29, 0.717) is 12.6 Å². The minimum absolute atomic E-state index is 0.226. The lowest BCUT2D eigenvalue weighted by atomic mass is 9.95. The van der Waals surface area contributed by atoms with Crippen molar-refractivity contribution in [2.45, 2.75) is 25.9 Å². The molecule has 0 saturated carbocycles. The van der Waals surface area contributed by atoms with Gasteiger partial charge in [0.15, 0.2) is 0 Å². The van der Waals surface area contributed by atoms with Gasteiger partial charge in [0.05, 0.1) is 6.61 Å². The largest absolute Gasteiger partial charge is 0.395 e. The average molecular weight is 248 g/mol. The van der Waals surface area contributed by atoms with Crippen molar-refractivity contribution in [3.63, 3.8) is 0 Å². The highest BCUT2D eigenvalue weighted by Gasteiger charge is 2.23. The van der Waals surface area contributed by atoms with E-state index in [-0.39, 0.29) is 6.61 Å². The lowest BCUT2D eigenvalue weighted by Crippen LogP contribution is -2.48. The molecule has 3 heteroatoms. The fourth-order valence-electron chi connectivity index (χ4n) is 2.85. The van der Waals surface area contributed by atoms with E-state index in [9.17, 15) is 0 Å². The van der Waals surface area contributed by atoms with Crippen molar-refractivity contribution >= 4 is 0 Å². The van der Waals surface area contributed by atoms with Crippen LogP contribution in [0.15, 0.2) is 30.3 Å². The molecule has 1 saturated heterocycles. The van der Waals surface area contributed by atoms with E-state index < -0.39 is 0 Å². The summed E-state index contributed by atoms with van der Waals surface area (Å²) < 4.78 is 0.